The molecular weight excluding hydrogens is 1890 g/mol. The van der Waals surface area contributed by atoms with E-state index in [1.54, 1.807) is 76.3 Å². The van der Waals surface area contributed by atoms with Gasteiger partial charge in [0.05, 0.1) is 123 Å². The fraction of sp³-hybridized carbons (Fsp3) is 0.267. The lowest BCUT2D eigenvalue weighted by atomic mass is 10.1. The number of fused-ring (bicyclic) bond motifs is 12. The maximum absolute atomic E-state index is 14.0. The van der Waals surface area contributed by atoms with Gasteiger partial charge in [0.2, 0.25) is 0 Å². The van der Waals surface area contributed by atoms with E-state index in [2.05, 4.69) is 44.2 Å². The number of carbonyl (C=O) groups excluding carboxylic acids is 4. The Labute approximate surface area is 816 Å². The normalized spacial score (nSPS) is 13.9. The van der Waals surface area contributed by atoms with Crippen molar-refractivity contribution in [3.63, 3.8) is 0 Å². The number of non-ortho nitro benzene ring substituents is 1. The zero-order valence-electron chi connectivity index (χ0n) is 76.6. The molecule has 0 amide bonds. The highest BCUT2D eigenvalue weighted by Gasteiger charge is 2.36. The van der Waals surface area contributed by atoms with Gasteiger partial charge in [-0.1, -0.05) is 108 Å². The van der Waals surface area contributed by atoms with Crippen LogP contribution in [0.2, 0.25) is 10.0 Å². The molecule has 0 bridgehead atoms. The van der Waals surface area contributed by atoms with Crippen molar-refractivity contribution < 1.29 is 97.1 Å². The van der Waals surface area contributed by atoms with Crippen LogP contribution in [-0.2, 0) is 78.1 Å². The number of nitro benzene ring substituents is 1. The summed E-state index contributed by atoms with van der Waals surface area (Å²) in [6, 6.07) is 56.7. The Morgan fingerprint density at radius 2 is 0.824 bits per heavy atom. The molecule has 12 heterocycles. The highest BCUT2D eigenvalue weighted by Crippen LogP contribution is 2.40. The molecular formula is C105H93Cl2F8N13O14. The number of halogens is 10. The van der Waals surface area contributed by atoms with Crippen LogP contribution in [0.4, 0.5) is 40.8 Å². The van der Waals surface area contributed by atoms with E-state index < -0.39 is 63.9 Å². The molecule has 0 radical (unpaired) electrons. The number of aromatic nitrogens is 9. The molecule has 0 N–H and O–H groups in total. The third-order valence-corrected chi connectivity index (χ3v) is 25.3. The van der Waals surface area contributed by atoms with Gasteiger partial charge in [-0.15, -0.1) is 0 Å². The number of nitro groups is 1. The van der Waals surface area contributed by atoms with Crippen molar-refractivity contribution in [3.8, 4) is 5.75 Å². The Morgan fingerprint density at radius 1 is 0.408 bits per heavy atom. The minimum absolute atomic E-state index is 0.00409. The molecule has 142 heavy (non-hydrogen) atoms. The molecule has 0 atom stereocenters. The number of carbonyl (C=O) groups is 4. The molecule has 8 aromatic carbocycles. The maximum atomic E-state index is 14.0. The Bertz CT molecular complexity index is 7490. The van der Waals surface area contributed by atoms with Gasteiger partial charge in [0, 0.05) is 184 Å². The van der Waals surface area contributed by atoms with Crippen LogP contribution in [0.25, 0.3) is 87.2 Å². The second-order valence-corrected chi connectivity index (χ2v) is 34.6. The minimum Gasteiger partial charge on any atom is -0.496 e. The van der Waals surface area contributed by atoms with Crippen molar-refractivity contribution in [2.45, 2.75) is 51.4 Å². The molecule has 3 saturated heterocycles. The Morgan fingerprint density at radius 3 is 1.23 bits per heavy atom. The molecule has 3 aliphatic heterocycles. The topological polar surface area (TPSA) is 279 Å². The van der Waals surface area contributed by atoms with Crippen LogP contribution in [0.1, 0.15) is 87.3 Å². The van der Waals surface area contributed by atoms with Gasteiger partial charge >= 0.3 is 36.2 Å². The van der Waals surface area contributed by atoms with Crippen LogP contribution in [0.3, 0.4) is 0 Å². The molecule has 9 aromatic heterocycles. The zero-order chi connectivity index (χ0) is 99.1. The standard InChI is InChI=1S/C27H21Cl2N3O2.2C26H23F4N3O3.C26H26N4O6/c28-20-9-10-23(29)19(13-20)17-32-25-8-2-1-7-21(25)22-14-24(31-16-26(22)32)27(33)34-12-4-6-18-5-3-11-30-15-18;27-19-12-17(11-18(13-19)26(28,29)30)16-33-23-4-2-1-3-20(23)21-14-22(31-15-24(21)33)25(34)36-10-7-32-5-8-35-9-6-32;27-21-6-5-17(13-20(21)26(28,29)30)16-33-23-4-2-1-3-18(23)19-14-22(31-15-24(19)33)25(34)36-12-9-32-7-10-35-11-8-32;1-34-25-7-6-19(30(32)33)14-18(25)17-29-23-5-3-2-4-20(23)21-15-22(27-16-24(21)29)26(31)36-13-10-28-8-11-35-12-9-28/h1-3,5,7-11,13-16H,4,6,12,17H2;1-4,11-15H,5-10,16H2;1-6,13-15H,7-12,16H2;2-7,14-16H,8-13,17H2,1H3. The molecule has 3 fully saturated rings. The lowest BCUT2D eigenvalue weighted by Gasteiger charge is -2.26. The summed E-state index contributed by atoms with van der Waals surface area (Å²) in [7, 11) is 1.54. The van der Waals surface area contributed by atoms with Crippen molar-refractivity contribution in [1.29, 1.82) is 0 Å². The number of pyridine rings is 5. The molecule has 0 spiro atoms. The second-order valence-electron chi connectivity index (χ2n) is 33.8. The zero-order valence-corrected chi connectivity index (χ0v) is 78.1. The largest absolute Gasteiger partial charge is 0.496 e. The summed E-state index contributed by atoms with van der Waals surface area (Å²) in [5.41, 5.74) is 7.98. The summed E-state index contributed by atoms with van der Waals surface area (Å²) < 4.78 is 158. The van der Waals surface area contributed by atoms with Crippen LogP contribution >= 0.6 is 23.2 Å². The molecule has 0 aliphatic carbocycles. The fourth-order valence-electron chi connectivity index (χ4n) is 17.6. The Kier molecular flexibility index (Phi) is 31.4. The minimum atomic E-state index is -4.79. The van der Waals surface area contributed by atoms with E-state index in [1.165, 1.54) is 37.7 Å². The summed E-state index contributed by atoms with van der Waals surface area (Å²) in [6.07, 6.45) is 2.02. The Hall–Kier alpha value is -14.4. The van der Waals surface area contributed by atoms with Gasteiger partial charge in [0.15, 0.2) is 0 Å². The third-order valence-electron chi connectivity index (χ3n) is 24.7. The molecule has 3 aliphatic rings. The summed E-state index contributed by atoms with van der Waals surface area (Å²) in [4.78, 5) is 89.6. The summed E-state index contributed by atoms with van der Waals surface area (Å²) in [5.74, 6) is -3.71. The third kappa shape index (κ3) is 23.6. The van der Waals surface area contributed by atoms with E-state index in [-0.39, 0.29) is 72.5 Å². The van der Waals surface area contributed by atoms with Gasteiger partial charge in [-0.25, -0.2) is 47.9 Å². The summed E-state index contributed by atoms with van der Waals surface area (Å²) in [6.45, 7) is 12.7. The van der Waals surface area contributed by atoms with Crippen LogP contribution in [0, 0.1) is 21.7 Å². The molecule has 27 nitrogen and oxygen atoms in total. The average molecular weight is 1980 g/mol. The van der Waals surface area contributed by atoms with Gasteiger partial charge in [-0.2, -0.15) is 26.3 Å². The molecule has 732 valence electrons. The number of para-hydroxylation sites is 4. The first kappa shape index (κ1) is 99.1. The smallest absolute Gasteiger partial charge is 0.419 e. The Balaban J connectivity index is 0.000000130. The predicted molar refractivity (Wildman–Crippen MR) is 520 cm³/mol. The van der Waals surface area contributed by atoms with E-state index in [0.717, 1.165) is 158 Å². The molecule has 37 heteroatoms. The van der Waals surface area contributed by atoms with Crippen molar-refractivity contribution in [1.82, 2.24) is 57.9 Å². The highest BCUT2D eigenvalue weighted by molar-refractivity contribution is 6.33. The van der Waals surface area contributed by atoms with E-state index in [0.29, 0.717) is 123 Å². The average Bonchev–Trinajstić information content (AvgIpc) is 1.62. The van der Waals surface area contributed by atoms with E-state index in [1.807, 2.05) is 120 Å². The van der Waals surface area contributed by atoms with Crippen molar-refractivity contribution >= 4 is 140 Å². The number of ether oxygens (including phenoxy) is 8. The molecule has 0 unspecified atom stereocenters. The van der Waals surface area contributed by atoms with Crippen molar-refractivity contribution in [2.75, 3.05) is 132 Å². The first-order valence-corrected chi connectivity index (χ1v) is 46.4. The highest BCUT2D eigenvalue weighted by atomic mass is 35.5. The summed E-state index contributed by atoms with van der Waals surface area (Å²) in [5, 5.41) is 19.4. The number of alkyl halides is 6. The first-order valence-electron chi connectivity index (χ1n) is 45.7. The van der Waals surface area contributed by atoms with E-state index in [4.69, 9.17) is 61.1 Å². The number of aryl methyl sites for hydroxylation is 1. The summed E-state index contributed by atoms with van der Waals surface area (Å²) >= 11 is 12.6. The first-order chi connectivity index (χ1) is 68.7. The number of benzene rings is 8. The lowest BCUT2D eigenvalue weighted by molar-refractivity contribution is -0.384. The maximum Gasteiger partial charge on any atom is 0.419 e. The van der Waals surface area contributed by atoms with E-state index >= 15 is 0 Å². The van der Waals surface area contributed by atoms with Crippen LogP contribution in [0.5, 0.6) is 5.75 Å². The van der Waals surface area contributed by atoms with Crippen molar-refractivity contribution in [2.24, 2.45) is 0 Å². The van der Waals surface area contributed by atoms with Gasteiger partial charge in [-0.05, 0) is 144 Å². The number of rotatable bonds is 27. The van der Waals surface area contributed by atoms with Crippen LogP contribution in [0.15, 0.2) is 243 Å². The lowest BCUT2D eigenvalue weighted by Crippen LogP contribution is -2.38. The number of hydrogen-bond acceptors (Lipinski definition) is 22. The van der Waals surface area contributed by atoms with Gasteiger partial charge in [-0.3, -0.25) is 29.8 Å². The van der Waals surface area contributed by atoms with Gasteiger partial charge in [0.25, 0.3) is 5.69 Å². The van der Waals surface area contributed by atoms with Gasteiger partial charge < -0.3 is 56.2 Å². The van der Waals surface area contributed by atoms with Crippen molar-refractivity contribution in [3.05, 3.63) is 337 Å². The second kappa shape index (κ2) is 45.0. The van der Waals surface area contributed by atoms with E-state index in [9.17, 15) is 64.4 Å². The molecule has 20 rings (SSSR count). The number of nitrogens with zero attached hydrogens (tertiary/aromatic N) is 13. The molecule has 0 saturated carbocycles. The van der Waals surface area contributed by atoms with Gasteiger partial charge in [0.1, 0.15) is 60.0 Å². The van der Waals surface area contributed by atoms with Crippen LogP contribution in [-0.4, -0.2) is 219 Å². The van der Waals surface area contributed by atoms with Crippen LogP contribution < -0.4 is 4.74 Å². The monoisotopic (exact) mass is 1980 g/mol. The number of esters is 4. The molecule has 17 aromatic rings. The number of hydrogen-bond donors (Lipinski definition) is 0. The number of morpholine rings is 3. The fourth-order valence-corrected chi connectivity index (χ4v) is 18.0. The SMILES string of the molecule is COc1ccc([N+](=O)[O-])cc1Cn1c2ccccc2c2cc(C(=O)OCCN3CCOCC3)ncc21.O=C(OCCCc1cccnc1)c1cc2c3ccccc3n(Cc3cc(Cl)ccc3Cl)c2cn1.O=C(OCCN1CCOCC1)c1cc2c3ccccc3n(Cc3cc(F)cc(C(F)(F)F)c3)c2cn1.O=C(OCCN1CCOCC1)c1cc2c3ccccc3n(Cc3ccc(F)c(C(F)(F)F)c3)c2cn1. The quantitative estimate of drug-likeness (QED) is 0.0115. The number of methoxy groups -OCH3 is 1. The predicted octanol–water partition coefficient (Wildman–Crippen LogP) is 20.1.